The normalized spacial score (nSPS) is 28.3. The van der Waals surface area contributed by atoms with E-state index in [1.807, 2.05) is 0 Å². The number of aliphatic hydroxyl groups is 1. The molecule has 3 aliphatic rings. The summed E-state index contributed by atoms with van der Waals surface area (Å²) >= 11 is 0. The minimum atomic E-state index is -1.02. The van der Waals surface area contributed by atoms with E-state index in [-0.39, 0.29) is 47.7 Å². The fraction of sp³-hybridized carbons (Fsp3) is 0.639. The standard InChI is InChI=1S/C36H46F4O4/c1-3-30(41)29-18-17-27(32(37)34(29)39)24-13-15-26(16-14-24)44-36(42)25-11-7-22(8-12-25)21-5-9-23(10-6-21)28-19-20-31(43-4-2)35(40)33(28)38/h17-26,30,41H,3-16H2,1-2H3. The van der Waals surface area contributed by atoms with E-state index in [4.69, 9.17) is 9.47 Å². The Balaban J connectivity index is 1.05. The molecule has 5 rings (SSSR count). The molecule has 0 saturated heterocycles. The molecule has 0 aliphatic heterocycles. The van der Waals surface area contributed by atoms with Crippen molar-refractivity contribution in [3.05, 3.63) is 64.2 Å². The van der Waals surface area contributed by atoms with Gasteiger partial charge in [-0.25, -0.2) is 13.2 Å². The summed E-state index contributed by atoms with van der Waals surface area (Å²) in [6, 6.07) is 6.28. The molecule has 0 amide bonds. The smallest absolute Gasteiger partial charge is 0.309 e. The fourth-order valence-electron chi connectivity index (χ4n) is 7.98. The summed E-state index contributed by atoms with van der Waals surface area (Å²) in [5.74, 6) is -2.84. The van der Waals surface area contributed by atoms with Crippen LogP contribution in [0.4, 0.5) is 17.6 Å². The van der Waals surface area contributed by atoms with Crippen molar-refractivity contribution in [1.29, 1.82) is 0 Å². The maximum absolute atomic E-state index is 14.8. The number of esters is 1. The Hall–Kier alpha value is -2.61. The summed E-state index contributed by atoms with van der Waals surface area (Å²) in [7, 11) is 0. The van der Waals surface area contributed by atoms with Gasteiger partial charge in [0.15, 0.2) is 23.2 Å². The van der Waals surface area contributed by atoms with Crippen LogP contribution in [0, 0.1) is 41.0 Å². The molecule has 0 radical (unpaired) electrons. The summed E-state index contributed by atoms with van der Waals surface area (Å²) in [5, 5.41) is 9.95. The Morgan fingerprint density at radius 3 is 1.82 bits per heavy atom. The first-order chi connectivity index (χ1) is 21.2. The van der Waals surface area contributed by atoms with Gasteiger partial charge in [-0.05, 0) is 131 Å². The highest BCUT2D eigenvalue weighted by atomic mass is 19.2. The second-order valence-corrected chi connectivity index (χ2v) is 13.1. The largest absolute Gasteiger partial charge is 0.491 e. The van der Waals surface area contributed by atoms with Gasteiger partial charge in [-0.15, -0.1) is 0 Å². The van der Waals surface area contributed by atoms with Crippen LogP contribution in [-0.4, -0.2) is 23.8 Å². The average molecular weight is 619 g/mol. The van der Waals surface area contributed by atoms with Gasteiger partial charge in [-0.2, -0.15) is 4.39 Å². The number of carbonyl (C=O) groups is 1. The highest BCUT2D eigenvalue weighted by Crippen LogP contribution is 2.45. The van der Waals surface area contributed by atoms with Crippen molar-refractivity contribution < 1.29 is 36.9 Å². The van der Waals surface area contributed by atoms with E-state index in [2.05, 4.69) is 0 Å². The number of halogens is 4. The number of benzene rings is 2. The van der Waals surface area contributed by atoms with Gasteiger partial charge in [0.05, 0.1) is 18.6 Å². The molecule has 1 atom stereocenters. The lowest BCUT2D eigenvalue weighted by Gasteiger charge is -2.38. The van der Waals surface area contributed by atoms with E-state index in [1.54, 1.807) is 26.0 Å². The number of carbonyl (C=O) groups excluding carboxylic acids is 1. The van der Waals surface area contributed by atoms with Crippen molar-refractivity contribution in [2.24, 2.45) is 17.8 Å². The second-order valence-electron chi connectivity index (χ2n) is 13.1. The van der Waals surface area contributed by atoms with Gasteiger partial charge in [0, 0.05) is 5.56 Å². The maximum atomic E-state index is 14.8. The Morgan fingerprint density at radius 2 is 1.25 bits per heavy atom. The number of rotatable bonds is 9. The van der Waals surface area contributed by atoms with Gasteiger partial charge in [0.1, 0.15) is 6.10 Å². The third-order valence-corrected chi connectivity index (χ3v) is 10.6. The number of hydrogen-bond acceptors (Lipinski definition) is 4. The van der Waals surface area contributed by atoms with Gasteiger partial charge in [-0.1, -0.05) is 25.1 Å². The van der Waals surface area contributed by atoms with Crippen molar-refractivity contribution >= 4 is 5.97 Å². The van der Waals surface area contributed by atoms with Crippen LogP contribution in [0.2, 0.25) is 0 Å². The van der Waals surface area contributed by atoms with Crippen LogP contribution in [0.25, 0.3) is 0 Å². The number of hydrogen-bond donors (Lipinski definition) is 1. The minimum Gasteiger partial charge on any atom is -0.491 e. The van der Waals surface area contributed by atoms with Gasteiger partial charge >= 0.3 is 5.97 Å². The highest BCUT2D eigenvalue weighted by Gasteiger charge is 2.36. The van der Waals surface area contributed by atoms with Crippen LogP contribution >= 0.6 is 0 Å². The van der Waals surface area contributed by atoms with Crippen molar-refractivity contribution in [3.8, 4) is 5.75 Å². The Morgan fingerprint density at radius 1 is 0.727 bits per heavy atom. The van der Waals surface area contributed by atoms with Crippen LogP contribution < -0.4 is 4.74 Å². The van der Waals surface area contributed by atoms with Gasteiger partial charge in [-0.3, -0.25) is 4.79 Å². The predicted octanol–water partition coefficient (Wildman–Crippen LogP) is 9.43. The molecule has 0 spiro atoms. The van der Waals surface area contributed by atoms with Gasteiger partial charge in [0.25, 0.3) is 0 Å². The zero-order valence-corrected chi connectivity index (χ0v) is 25.9. The van der Waals surface area contributed by atoms with E-state index in [0.29, 0.717) is 55.1 Å². The SMILES string of the molecule is CCOc1ccc(C2CCC(C3CCC(C(=O)OC4CCC(c5ccc(C(O)CC)c(F)c5F)CC4)CC3)CC2)c(F)c1F. The van der Waals surface area contributed by atoms with Crippen molar-refractivity contribution in [2.45, 2.75) is 121 Å². The lowest BCUT2D eigenvalue weighted by Crippen LogP contribution is -2.32. The molecule has 8 heteroatoms. The summed E-state index contributed by atoms with van der Waals surface area (Å²) < 4.78 is 69.6. The van der Waals surface area contributed by atoms with Crippen LogP contribution in [0.5, 0.6) is 5.75 Å². The quantitative estimate of drug-likeness (QED) is 0.225. The topological polar surface area (TPSA) is 55.8 Å². The number of ether oxygens (including phenoxy) is 2. The molecular formula is C36H46F4O4. The number of aliphatic hydroxyl groups excluding tert-OH is 1. The van der Waals surface area contributed by atoms with E-state index >= 15 is 0 Å². The summed E-state index contributed by atoms with van der Waals surface area (Å²) in [4.78, 5) is 13.0. The van der Waals surface area contributed by atoms with Crippen LogP contribution in [0.15, 0.2) is 24.3 Å². The molecule has 1 unspecified atom stereocenters. The fourth-order valence-corrected chi connectivity index (χ4v) is 7.98. The molecule has 3 fully saturated rings. The third-order valence-electron chi connectivity index (χ3n) is 10.6. The van der Waals surface area contributed by atoms with E-state index in [1.165, 1.54) is 12.1 Å². The van der Waals surface area contributed by atoms with E-state index < -0.39 is 29.4 Å². The Kier molecular flexibility index (Phi) is 10.9. The zero-order valence-electron chi connectivity index (χ0n) is 25.9. The molecular weight excluding hydrogens is 572 g/mol. The third kappa shape index (κ3) is 7.11. The molecule has 0 heterocycles. The highest BCUT2D eigenvalue weighted by molar-refractivity contribution is 5.72. The lowest BCUT2D eigenvalue weighted by molar-refractivity contribution is -0.157. The van der Waals surface area contributed by atoms with Crippen molar-refractivity contribution in [1.82, 2.24) is 0 Å². The van der Waals surface area contributed by atoms with Gasteiger partial charge < -0.3 is 14.6 Å². The van der Waals surface area contributed by atoms with Crippen LogP contribution in [0.3, 0.4) is 0 Å². The van der Waals surface area contributed by atoms with E-state index in [0.717, 1.165) is 51.4 Å². The van der Waals surface area contributed by atoms with Gasteiger partial charge in [0.2, 0.25) is 5.82 Å². The maximum Gasteiger partial charge on any atom is 0.309 e. The summed E-state index contributed by atoms with van der Waals surface area (Å²) in [6.45, 7) is 3.75. The second kappa shape index (κ2) is 14.7. The van der Waals surface area contributed by atoms with Crippen LogP contribution in [0.1, 0.15) is 132 Å². The first kappa shape index (κ1) is 32.8. The van der Waals surface area contributed by atoms with E-state index in [9.17, 15) is 27.5 Å². The molecule has 0 aromatic heterocycles. The minimum absolute atomic E-state index is 0.00485. The summed E-state index contributed by atoms with van der Waals surface area (Å²) in [5.41, 5.74) is 0.783. The first-order valence-corrected chi connectivity index (χ1v) is 16.7. The molecule has 3 aliphatic carbocycles. The lowest BCUT2D eigenvalue weighted by atomic mass is 9.68. The zero-order chi connectivity index (χ0) is 31.4. The predicted molar refractivity (Wildman–Crippen MR) is 160 cm³/mol. The monoisotopic (exact) mass is 618 g/mol. The Bertz CT molecular complexity index is 1280. The first-order valence-electron chi connectivity index (χ1n) is 16.7. The Labute approximate surface area is 258 Å². The average Bonchev–Trinajstić information content (AvgIpc) is 3.05. The summed E-state index contributed by atoms with van der Waals surface area (Å²) in [6.07, 6.45) is 8.75. The molecule has 2 aromatic rings. The molecule has 4 nitrogen and oxygen atoms in total. The van der Waals surface area contributed by atoms with Crippen LogP contribution in [-0.2, 0) is 9.53 Å². The van der Waals surface area contributed by atoms with Crippen molar-refractivity contribution in [3.63, 3.8) is 0 Å². The molecule has 44 heavy (non-hydrogen) atoms. The molecule has 242 valence electrons. The molecule has 3 saturated carbocycles. The van der Waals surface area contributed by atoms with Crippen molar-refractivity contribution in [2.75, 3.05) is 6.61 Å². The molecule has 1 N–H and O–H groups in total. The molecule has 0 bridgehead atoms. The molecule has 2 aromatic carbocycles.